The van der Waals surface area contributed by atoms with Gasteiger partial charge in [0.05, 0.1) is 4.88 Å². The normalized spacial score (nSPS) is 12.8. The van der Waals surface area contributed by atoms with Crippen LogP contribution in [0.5, 0.6) is 0 Å². The van der Waals surface area contributed by atoms with Crippen LogP contribution in [0, 0.1) is 6.92 Å². The first-order valence-electron chi connectivity index (χ1n) is 6.46. The molecule has 20 heavy (non-hydrogen) atoms. The first kappa shape index (κ1) is 14.9. The smallest absolute Gasteiger partial charge is 0.265 e. The standard InChI is InChI=1S/C15H16N2OS.ClH/c1-10-6-8-19-14(10)15(18)17-12-4-5-13-11(9-12)3-2-7-16-13;/h4-6,8-9,16H,2-3,7H2,1H3,(H,17,18);1H. The Hall–Kier alpha value is -1.52. The molecule has 3 nitrogen and oxygen atoms in total. The predicted molar refractivity (Wildman–Crippen MR) is 87.5 cm³/mol. The van der Waals surface area contributed by atoms with Crippen molar-refractivity contribution in [3.05, 3.63) is 45.6 Å². The van der Waals surface area contributed by atoms with Gasteiger partial charge in [-0.3, -0.25) is 4.79 Å². The highest BCUT2D eigenvalue weighted by Crippen LogP contribution is 2.26. The lowest BCUT2D eigenvalue weighted by molar-refractivity contribution is 0.103. The summed E-state index contributed by atoms with van der Waals surface area (Å²) in [6, 6.07) is 8.04. The SMILES string of the molecule is Cc1ccsc1C(=O)Nc1ccc2c(c1)CCCN2.Cl. The molecule has 3 rings (SSSR count). The lowest BCUT2D eigenvalue weighted by Crippen LogP contribution is -2.14. The van der Waals surface area contributed by atoms with Gasteiger partial charge in [-0.25, -0.2) is 0 Å². The van der Waals surface area contributed by atoms with Crippen LogP contribution in [0.1, 0.15) is 27.2 Å². The molecule has 106 valence electrons. The number of anilines is 2. The summed E-state index contributed by atoms with van der Waals surface area (Å²) in [4.78, 5) is 12.9. The number of benzene rings is 1. The van der Waals surface area contributed by atoms with Crippen LogP contribution in [0.15, 0.2) is 29.6 Å². The number of aryl methyl sites for hydroxylation is 2. The summed E-state index contributed by atoms with van der Waals surface area (Å²) in [6.45, 7) is 3.00. The van der Waals surface area contributed by atoms with Crippen LogP contribution in [0.3, 0.4) is 0 Å². The molecule has 1 aliphatic rings. The van der Waals surface area contributed by atoms with E-state index in [4.69, 9.17) is 0 Å². The van der Waals surface area contributed by atoms with E-state index in [2.05, 4.69) is 16.7 Å². The summed E-state index contributed by atoms with van der Waals surface area (Å²) in [7, 11) is 0. The van der Waals surface area contributed by atoms with E-state index in [-0.39, 0.29) is 18.3 Å². The first-order chi connectivity index (χ1) is 9.24. The molecule has 5 heteroatoms. The van der Waals surface area contributed by atoms with Gasteiger partial charge in [0, 0.05) is 17.9 Å². The Balaban J connectivity index is 0.00000147. The Morgan fingerprint density at radius 1 is 1.35 bits per heavy atom. The number of hydrogen-bond donors (Lipinski definition) is 2. The molecule has 2 aromatic rings. The van der Waals surface area contributed by atoms with Gasteiger partial charge in [0.25, 0.3) is 5.91 Å². The molecule has 0 saturated carbocycles. The molecule has 1 aliphatic heterocycles. The average Bonchev–Trinajstić information content (AvgIpc) is 2.85. The van der Waals surface area contributed by atoms with E-state index in [0.29, 0.717) is 0 Å². The number of amides is 1. The van der Waals surface area contributed by atoms with Crippen molar-refractivity contribution in [2.45, 2.75) is 19.8 Å². The summed E-state index contributed by atoms with van der Waals surface area (Å²) >= 11 is 1.48. The fourth-order valence-corrected chi connectivity index (χ4v) is 3.17. The zero-order valence-corrected chi connectivity index (χ0v) is 12.9. The molecule has 0 unspecified atom stereocenters. The van der Waals surface area contributed by atoms with Gasteiger partial charge in [-0.05, 0) is 60.5 Å². The Morgan fingerprint density at radius 2 is 2.20 bits per heavy atom. The number of thiophene rings is 1. The van der Waals surface area contributed by atoms with Crippen molar-refractivity contribution in [3.63, 3.8) is 0 Å². The zero-order valence-electron chi connectivity index (χ0n) is 11.2. The van der Waals surface area contributed by atoms with E-state index in [0.717, 1.165) is 35.5 Å². The van der Waals surface area contributed by atoms with E-state index in [1.807, 2.05) is 30.5 Å². The lowest BCUT2D eigenvalue weighted by atomic mass is 10.0. The second-order valence-corrected chi connectivity index (χ2v) is 5.71. The van der Waals surface area contributed by atoms with Crippen molar-refractivity contribution in [1.29, 1.82) is 0 Å². The molecule has 0 saturated heterocycles. The number of nitrogens with one attached hydrogen (secondary N) is 2. The van der Waals surface area contributed by atoms with Crippen LogP contribution in [0.25, 0.3) is 0 Å². The highest BCUT2D eigenvalue weighted by Gasteiger charge is 2.13. The van der Waals surface area contributed by atoms with Crippen molar-refractivity contribution in [3.8, 4) is 0 Å². The van der Waals surface area contributed by atoms with Crippen LogP contribution in [-0.2, 0) is 6.42 Å². The van der Waals surface area contributed by atoms with E-state index in [1.165, 1.54) is 22.6 Å². The molecule has 1 amide bonds. The second kappa shape index (κ2) is 6.29. The summed E-state index contributed by atoms with van der Waals surface area (Å²) in [5.74, 6) is -0.0174. The van der Waals surface area contributed by atoms with Crippen LogP contribution >= 0.6 is 23.7 Å². The highest BCUT2D eigenvalue weighted by atomic mass is 35.5. The Bertz CT molecular complexity index is 624. The maximum absolute atomic E-state index is 12.1. The molecule has 2 heterocycles. The van der Waals surface area contributed by atoms with Crippen LogP contribution in [0.2, 0.25) is 0 Å². The van der Waals surface area contributed by atoms with Gasteiger partial charge in [0.2, 0.25) is 0 Å². The third-order valence-electron chi connectivity index (χ3n) is 3.37. The molecule has 0 bridgehead atoms. The minimum Gasteiger partial charge on any atom is -0.385 e. The Morgan fingerprint density at radius 3 is 2.95 bits per heavy atom. The van der Waals surface area contributed by atoms with Crippen molar-refractivity contribution < 1.29 is 4.79 Å². The summed E-state index contributed by atoms with van der Waals surface area (Å²) < 4.78 is 0. The number of fused-ring (bicyclic) bond motifs is 1. The van der Waals surface area contributed by atoms with Crippen LogP contribution in [0.4, 0.5) is 11.4 Å². The van der Waals surface area contributed by atoms with E-state index in [1.54, 1.807) is 0 Å². The number of carbonyl (C=O) groups excluding carboxylic acids is 1. The van der Waals surface area contributed by atoms with Crippen molar-refractivity contribution in [1.82, 2.24) is 0 Å². The third kappa shape index (κ3) is 2.97. The molecule has 0 atom stereocenters. The Labute approximate surface area is 128 Å². The fraction of sp³-hybridized carbons (Fsp3) is 0.267. The molecule has 0 spiro atoms. The van der Waals surface area contributed by atoms with Gasteiger partial charge < -0.3 is 10.6 Å². The van der Waals surface area contributed by atoms with Gasteiger partial charge in [-0.1, -0.05) is 0 Å². The largest absolute Gasteiger partial charge is 0.385 e. The average molecular weight is 309 g/mol. The Kier molecular flexibility index (Phi) is 4.68. The maximum atomic E-state index is 12.1. The van der Waals surface area contributed by atoms with Gasteiger partial charge in [0.15, 0.2) is 0 Å². The van der Waals surface area contributed by atoms with Gasteiger partial charge in [0.1, 0.15) is 0 Å². The van der Waals surface area contributed by atoms with Crippen LogP contribution in [-0.4, -0.2) is 12.5 Å². The van der Waals surface area contributed by atoms with Crippen molar-refractivity contribution >= 4 is 41.0 Å². The molecule has 0 aliphatic carbocycles. The number of hydrogen-bond acceptors (Lipinski definition) is 3. The van der Waals surface area contributed by atoms with Gasteiger partial charge >= 0.3 is 0 Å². The number of carbonyl (C=O) groups is 1. The number of rotatable bonds is 2. The van der Waals surface area contributed by atoms with E-state index >= 15 is 0 Å². The van der Waals surface area contributed by atoms with Crippen molar-refractivity contribution in [2.24, 2.45) is 0 Å². The molecule has 1 aromatic carbocycles. The lowest BCUT2D eigenvalue weighted by Gasteiger charge is -2.18. The summed E-state index contributed by atoms with van der Waals surface area (Å²) in [5.41, 5.74) is 4.38. The first-order valence-corrected chi connectivity index (χ1v) is 7.34. The minimum atomic E-state index is -0.0174. The molecule has 0 fully saturated rings. The van der Waals surface area contributed by atoms with E-state index < -0.39 is 0 Å². The quantitative estimate of drug-likeness (QED) is 0.877. The topological polar surface area (TPSA) is 41.1 Å². The second-order valence-electron chi connectivity index (χ2n) is 4.79. The summed E-state index contributed by atoms with van der Waals surface area (Å²) in [6.07, 6.45) is 2.22. The predicted octanol–water partition coefficient (Wildman–Crippen LogP) is 4.09. The minimum absolute atomic E-state index is 0. The van der Waals surface area contributed by atoms with Crippen LogP contribution < -0.4 is 10.6 Å². The molecule has 0 radical (unpaired) electrons. The molecule has 2 N–H and O–H groups in total. The molecular weight excluding hydrogens is 292 g/mol. The number of halogens is 1. The van der Waals surface area contributed by atoms with Gasteiger partial charge in [-0.2, -0.15) is 0 Å². The fourth-order valence-electron chi connectivity index (χ4n) is 2.35. The zero-order chi connectivity index (χ0) is 13.2. The monoisotopic (exact) mass is 308 g/mol. The summed E-state index contributed by atoms with van der Waals surface area (Å²) in [5, 5.41) is 8.29. The molecule has 1 aromatic heterocycles. The molecular formula is C15H17ClN2OS. The van der Waals surface area contributed by atoms with E-state index in [9.17, 15) is 4.79 Å². The third-order valence-corrected chi connectivity index (χ3v) is 4.39. The highest BCUT2D eigenvalue weighted by molar-refractivity contribution is 7.12. The van der Waals surface area contributed by atoms with Crippen molar-refractivity contribution in [2.75, 3.05) is 17.2 Å². The van der Waals surface area contributed by atoms with Gasteiger partial charge in [-0.15, -0.1) is 23.7 Å². The maximum Gasteiger partial charge on any atom is 0.265 e.